The molecule has 2 aliphatic heterocycles. The summed E-state index contributed by atoms with van der Waals surface area (Å²) in [4.78, 5) is 0. The number of aromatic nitrogens is 2. The topological polar surface area (TPSA) is 19.1 Å². The average Bonchev–Trinajstić information content (AvgIpc) is 3.62. The first-order chi connectivity index (χ1) is 24.7. The van der Waals surface area contributed by atoms with Gasteiger partial charge >= 0.3 is 0 Å². The number of hydrogen-bond donors (Lipinski definition) is 0. The van der Waals surface area contributed by atoms with Gasteiger partial charge in [-0.2, -0.15) is 0 Å². The minimum Gasteiger partial charge on any atom is -0.458 e. The van der Waals surface area contributed by atoms with Crippen LogP contribution in [0.15, 0.2) is 109 Å². The largest absolute Gasteiger partial charge is 0.458 e. The number of hydrogen-bond acceptors (Lipinski definition) is 1. The van der Waals surface area contributed by atoms with Crippen LogP contribution < -0.4 is 21.1 Å². The summed E-state index contributed by atoms with van der Waals surface area (Å²) < 4.78 is 12.2. The second-order valence-electron chi connectivity index (χ2n) is 18.3. The zero-order valence-corrected chi connectivity index (χ0v) is 31.8. The molecule has 0 atom stereocenters. The normalized spacial score (nSPS) is 14.0. The highest BCUT2D eigenvalue weighted by Gasteiger charge is 2.43. The minimum absolute atomic E-state index is 0.00828. The van der Waals surface area contributed by atoms with Crippen molar-refractivity contribution in [1.82, 2.24) is 9.13 Å². The first kappa shape index (κ1) is 31.5. The van der Waals surface area contributed by atoms with E-state index in [9.17, 15) is 0 Å². The summed E-state index contributed by atoms with van der Waals surface area (Å²) in [5.41, 5.74) is 15.0. The third-order valence-corrected chi connectivity index (χ3v) is 11.8. The molecule has 3 nitrogen and oxygen atoms in total. The van der Waals surface area contributed by atoms with E-state index in [1.165, 1.54) is 88.1 Å². The second kappa shape index (κ2) is 10.2. The van der Waals surface area contributed by atoms with E-state index in [1.807, 2.05) is 0 Å². The van der Waals surface area contributed by atoms with Gasteiger partial charge in [0.25, 0.3) is 6.71 Å². The van der Waals surface area contributed by atoms with Crippen molar-refractivity contribution in [3.63, 3.8) is 0 Å². The molecule has 0 radical (unpaired) electrons. The van der Waals surface area contributed by atoms with E-state index in [4.69, 9.17) is 4.74 Å². The zero-order valence-electron chi connectivity index (χ0n) is 31.8. The van der Waals surface area contributed by atoms with Gasteiger partial charge in [-0.05, 0) is 92.3 Å². The molecular weight excluding hydrogens is 631 g/mol. The van der Waals surface area contributed by atoms with Crippen LogP contribution in [0.1, 0.15) is 79.0 Å². The van der Waals surface area contributed by atoms with Gasteiger partial charge in [-0.15, -0.1) is 0 Å². The molecule has 0 saturated heterocycles. The van der Waals surface area contributed by atoms with Crippen molar-refractivity contribution in [2.24, 2.45) is 0 Å². The molecule has 0 N–H and O–H groups in total. The van der Waals surface area contributed by atoms with Gasteiger partial charge in [0, 0.05) is 38.5 Å². The summed E-state index contributed by atoms with van der Waals surface area (Å²) in [6.07, 6.45) is 0. The van der Waals surface area contributed by atoms with Crippen molar-refractivity contribution in [3.05, 3.63) is 126 Å². The third kappa shape index (κ3) is 4.27. The van der Waals surface area contributed by atoms with Crippen molar-refractivity contribution in [3.8, 4) is 22.9 Å². The maximum absolute atomic E-state index is 7.19. The summed E-state index contributed by atoms with van der Waals surface area (Å²) in [6.45, 7) is 20.8. The molecule has 0 amide bonds. The highest BCUT2D eigenvalue weighted by Crippen LogP contribution is 2.45. The number of fused-ring (bicyclic) bond motifs is 11. The van der Waals surface area contributed by atoms with Gasteiger partial charge in [-0.25, -0.2) is 0 Å². The van der Waals surface area contributed by atoms with Crippen LogP contribution in [-0.2, 0) is 16.2 Å². The minimum atomic E-state index is -0.125. The Bertz CT molecular complexity index is 2780. The van der Waals surface area contributed by atoms with Crippen molar-refractivity contribution in [2.45, 2.75) is 78.6 Å². The van der Waals surface area contributed by atoms with E-state index in [2.05, 4.69) is 181 Å². The molecule has 0 aliphatic carbocycles. The Morgan fingerprint density at radius 2 is 1.10 bits per heavy atom. The Kier molecular flexibility index (Phi) is 6.19. The summed E-state index contributed by atoms with van der Waals surface area (Å²) in [7, 11) is 0. The lowest BCUT2D eigenvalue weighted by atomic mass is 9.34. The van der Waals surface area contributed by atoms with Gasteiger partial charge in [0.15, 0.2) is 0 Å². The van der Waals surface area contributed by atoms with E-state index in [1.54, 1.807) is 0 Å². The SMILES string of the molecule is CC(C)(C)c1ccc2c(c1)Oc1c(C(C)(C)C)cc3c4cc(C(C)(C)C)ccc4n4c3c1B2c1ccc(-n2c3ccccc3c3ccccc32)cc1-4. The standard InChI is InChI=1S/C48H45BN2O/c1-46(2,3)28-19-23-40-33(24-28)34-27-35(48(7,8)9)45-43-44(34)51(40)41-26-30(50-38-16-12-10-14-31(38)32-15-11-13-17-39(32)50)20-22-36(41)49(43)37-21-18-29(47(4,5)6)25-42(37)52-45/h10-27H,1-9H3. The highest BCUT2D eigenvalue weighted by molar-refractivity contribution is 6.99. The second-order valence-corrected chi connectivity index (χ2v) is 18.3. The van der Waals surface area contributed by atoms with E-state index in [0.717, 1.165) is 11.5 Å². The predicted octanol–water partition coefficient (Wildman–Crippen LogP) is 10.7. The fraction of sp³-hybridized carbons (Fsp3) is 0.250. The van der Waals surface area contributed by atoms with Crippen molar-refractivity contribution in [1.29, 1.82) is 0 Å². The van der Waals surface area contributed by atoms with Gasteiger partial charge in [-0.1, -0.05) is 123 Å². The lowest BCUT2D eigenvalue weighted by Gasteiger charge is -2.36. The van der Waals surface area contributed by atoms with Crippen LogP contribution >= 0.6 is 0 Å². The number of rotatable bonds is 1. The van der Waals surface area contributed by atoms with Crippen LogP contribution in [0, 0.1) is 0 Å². The Balaban J connectivity index is 1.36. The summed E-state index contributed by atoms with van der Waals surface area (Å²) in [5, 5.41) is 5.16. The number of benzene rings is 6. The van der Waals surface area contributed by atoms with Crippen molar-refractivity contribution >= 4 is 66.7 Å². The van der Waals surface area contributed by atoms with Crippen LogP contribution in [0.3, 0.4) is 0 Å². The fourth-order valence-corrected chi connectivity index (χ4v) is 9.07. The summed E-state index contributed by atoms with van der Waals surface area (Å²) in [6, 6.07) is 41.4. The molecule has 0 bridgehead atoms. The molecule has 0 saturated carbocycles. The molecule has 4 heterocycles. The van der Waals surface area contributed by atoms with Crippen LogP contribution in [0.5, 0.6) is 11.5 Å². The summed E-state index contributed by atoms with van der Waals surface area (Å²) >= 11 is 0. The summed E-state index contributed by atoms with van der Waals surface area (Å²) in [5.74, 6) is 2.01. The molecule has 8 aromatic rings. The van der Waals surface area contributed by atoms with Crippen LogP contribution in [0.2, 0.25) is 0 Å². The molecule has 256 valence electrons. The van der Waals surface area contributed by atoms with Gasteiger partial charge < -0.3 is 13.9 Å². The van der Waals surface area contributed by atoms with Crippen LogP contribution in [-0.4, -0.2) is 15.8 Å². The molecule has 0 fully saturated rings. The van der Waals surface area contributed by atoms with Crippen LogP contribution in [0.4, 0.5) is 0 Å². The van der Waals surface area contributed by atoms with E-state index >= 15 is 0 Å². The van der Waals surface area contributed by atoms with E-state index in [0.29, 0.717) is 0 Å². The molecule has 52 heavy (non-hydrogen) atoms. The van der Waals surface area contributed by atoms with E-state index < -0.39 is 0 Å². The van der Waals surface area contributed by atoms with Crippen molar-refractivity contribution < 1.29 is 4.74 Å². The molecule has 2 aromatic heterocycles. The molecule has 0 spiro atoms. The highest BCUT2D eigenvalue weighted by atomic mass is 16.5. The van der Waals surface area contributed by atoms with Gasteiger partial charge in [0.1, 0.15) is 11.5 Å². The molecular formula is C48H45BN2O. The average molecular weight is 677 g/mol. The molecule has 0 unspecified atom stereocenters. The first-order valence-electron chi connectivity index (χ1n) is 18.8. The lowest BCUT2D eigenvalue weighted by molar-refractivity contribution is 0.457. The van der Waals surface area contributed by atoms with Gasteiger partial charge in [0.05, 0.1) is 22.1 Å². The maximum Gasteiger partial charge on any atom is 0.256 e. The number of nitrogens with zero attached hydrogens (tertiary/aromatic N) is 2. The van der Waals surface area contributed by atoms with Crippen LogP contribution in [0.25, 0.3) is 55.0 Å². The van der Waals surface area contributed by atoms with E-state index in [-0.39, 0.29) is 23.0 Å². The first-order valence-corrected chi connectivity index (χ1v) is 18.8. The Morgan fingerprint density at radius 1 is 0.500 bits per heavy atom. The molecule has 4 heteroatoms. The molecule has 10 rings (SSSR count). The smallest absolute Gasteiger partial charge is 0.256 e. The fourth-order valence-electron chi connectivity index (χ4n) is 9.07. The zero-order chi connectivity index (χ0) is 36.1. The Hall–Kier alpha value is -5.22. The maximum atomic E-state index is 7.19. The van der Waals surface area contributed by atoms with Gasteiger partial charge in [-0.3, -0.25) is 0 Å². The number of para-hydroxylation sites is 2. The monoisotopic (exact) mass is 676 g/mol. The Morgan fingerprint density at radius 3 is 1.75 bits per heavy atom. The third-order valence-electron chi connectivity index (χ3n) is 11.8. The van der Waals surface area contributed by atoms with Crippen molar-refractivity contribution in [2.75, 3.05) is 0 Å². The number of ether oxygens (including phenoxy) is 1. The quantitative estimate of drug-likeness (QED) is 0.158. The predicted molar refractivity (Wildman–Crippen MR) is 222 cm³/mol. The van der Waals surface area contributed by atoms with Gasteiger partial charge in [0.2, 0.25) is 0 Å². The molecule has 2 aliphatic rings. The Labute approximate surface area is 306 Å². The molecule has 6 aromatic carbocycles. The lowest BCUT2D eigenvalue weighted by Crippen LogP contribution is -2.58.